The van der Waals surface area contributed by atoms with Gasteiger partial charge in [-0.2, -0.15) is 0 Å². The van der Waals surface area contributed by atoms with Crippen LogP contribution in [0, 0.1) is 5.92 Å². The third kappa shape index (κ3) is 1.28. The summed E-state index contributed by atoms with van der Waals surface area (Å²) in [5, 5.41) is 0. The fourth-order valence-electron chi connectivity index (χ4n) is 2.25. The Morgan fingerprint density at radius 3 is 2.71 bits per heavy atom. The normalized spacial score (nSPS) is 21.6. The van der Waals surface area contributed by atoms with E-state index in [0.717, 1.165) is 25.4 Å². The monoisotopic (exact) mass is 195 g/mol. The molecule has 0 amide bonds. The van der Waals surface area contributed by atoms with E-state index in [4.69, 9.17) is 14.9 Å². The van der Waals surface area contributed by atoms with Crippen LogP contribution in [-0.2, 0) is 10.2 Å². The van der Waals surface area contributed by atoms with Crippen molar-refractivity contribution in [3.63, 3.8) is 0 Å². The number of rotatable bonds is 4. The van der Waals surface area contributed by atoms with Crippen molar-refractivity contribution < 1.29 is 9.15 Å². The summed E-state index contributed by atoms with van der Waals surface area (Å²) < 4.78 is 10.8. The van der Waals surface area contributed by atoms with Gasteiger partial charge in [0.05, 0.1) is 24.9 Å². The van der Waals surface area contributed by atoms with Crippen LogP contribution in [0.5, 0.6) is 0 Å². The van der Waals surface area contributed by atoms with Gasteiger partial charge in [0.1, 0.15) is 5.76 Å². The third-order valence-electron chi connectivity index (χ3n) is 3.29. The molecule has 1 aromatic heterocycles. The largest absolute Gasteiger partial charge is 0.469 e. The molecule has 0 spiro atoms. The second kappa shape index (κ2) is 3.75. The molecule has 1 aliphatic heterocycles. The van der Waals surface area contributed by atoms with Crippen LogP contribution in [0.3, 0.4) is 0 Å². The topological polar surface area (TPSA) is 48.4 Å². The molecule has 2 N–H and O–H groups in total. The third-order valence-corrected chi connectivity index (χ3v) is 3.29. The first-order valence-electron chi connectivity index (χ1n) is 5.15. The maximum absolute atomic E-state index is 5.79. The molecule has 3 nitrogen and oxygen atoms in total. The van der Waals surface area contributed by atoms with E-state index in [-0.39, 0.29) is 5.41 Å². The van der Waals surface area contributed by atoms with Crippen molar-refractivity contribution in [3.8, 4) is 0 Å². The molecule has 2 heterocycles. The molecular formula is C11H17NO2. The van der Waals surface area contributed by atoms with Gasteiger partial charge in [-0.1, -0.05) is 13.3 Å². The van der Waals surface area contributed by atoms with Crippen molar-refractivity contribution >= 4 is 0 Å². The Morgan fingerprint density at radius 1 is 1.57 bits per heavy atom. The maximum Gasteiger partial charge on any atom is 0.114 e. The standard InChI is InChI=1S/C11H17NO2/c1-2-9(6-12)11(7-13-8-11)10-4-3-5-14-10/h3-5,9H,2,6-8,12H2,1H3. The van der Waals surface area contributed by atoms with Crippen molar-refractivity contribution in [2.45, 2.75) is 18.8 Å². The van der Waals surface area contributed by atoms with Crippen molar-refractivity contribution in [1.82, 2.24) is 0 Å². The minimum Gasteiger partial charge on any atom is -0.469 e. The molecule has 0 saturated carbocycles. The van der Waals surface area contributed by atoms with Crippen LogP contribution < -0.4 is 5.73 Å². The SMILES string of the molecule is CCC(CN)C1(c2ccco2)COC1. The molecule has 14 heavy (non-hydrogen) atoms. The molecule has 1 aliphatic rings. The zero-order valence-corrected chi connectivity index (χ0v) is 8.53. The van der Waals surface area contributed by atoms with Crippen molar-refractivity contribution in [1.29, 1.82) is 0 Å². The fourth-order valence-corrected chi connectivity index (χ4v) is 2.25. The van der Waals surface area contributed by atoms with Crippen molar-refractivity contribution in [2.24, 2.45) is 11.7 Å². The Morgan fingerprint density at radius 2 is 2.36 bits per heavy atom. The number of nitrogens with two attached hydrogens (primary N) is 1. The number of ether oxygens (including phenoxy) is 1. The lowest BCUT2D eigenvalue weighted by Crippen LogP contribution is -2.54. The van der Waals surface area contributed by atoms with Gasteiger partial charge in [-0.05, 0) is 24.6 Å². The Labute approximate surface area is 84.2 Å². The number of furan rings is 1. The summed E-state index contributed by atoms with van der Waals surface area (Å²) in [6, 6.07) is 3.96. The summed E-state index contributed by atoms with van der Waals surface area (Å²) in [6.07, 6.45) is 2.79. The average molecular weight is 195 g/mol. The Hall–Kier alpha value is -0.800. The molecule has 0 radical (unpaired) electrons. The van der Waals surface area contributed by atoms with Crippen LogP contribution >= 0.6 is 0 Å². The van der Waals surface area contributed by atoms with Crippen LogP contribution in [0.15, 0.2) is 22.8 Å². The molecule has 2 rings (SSSR count). The molecule has 0 aromatic carbocycles. The molecule has 0 aliphatic carbocycles. The molecule has 78 valence electrons. The molecule has 1 fully saturated rings. The van der Waals surface area contributed by atoms with Gasteiger partial charge in [0.25, 0.3) is 0 Å². The van der Waals surface area contributed by atoms with Gasteiger partial charge in [0.2, 0.25) is 0 Å². The second-order valence-corrected chi connectivity index (χ2v) is 3.97. The molecule has 0 bridgehead atoms. The van der Waals surface area contributed by atoms with Gasteiger partial charge in [-0.3, -0.25) is 0 Å². The fraction of sp³-hybridized carbons (Fsp3) is 0.636. The predicted molar refractivity (Wildman–Crippen MR) is 54.0 cm³/mol. The molecule has 1 atom stereocenters. The van der Waals surface area contributed by atoms with Crippen LogP contribution in [0.1, 0.15) is 19.1 Å². The van der Waals surface area contributed by atoms with Crippen LogP contribution in [-0.4, -0.2) is 19.8 Å². The first-order chi connectivity index (χ1) is 6.83. The quantitative estimate of drug-likeness (QED) is 0.792. The van der Waals surface area contributed by atoms with E-state index < -0.39 is 0 Å². The summed E-state index contributed by atoms with van der Waals surface area (Å²) in [7, 11) is 0. The van der Waals surface area contributed by atoms with Crippen LogP contribution in [0.4, 0.5) is 0 Å². The summed E-state index contributed by atoms with van der Waals surface area (Å²) in [5.74, 6) is 1.49. The molecule has 1 aromatic rings. The lowest BCUT2D eigenvalue weighted by Gasteiger charge is -2.45. The zero-order chi connectivity index (χ0) is 10.0. The van der Waals surface area contributed by atoms with Gasteiger partial charge >= 0.3 is 0 Å². The highest BCUT2D eigenvalue weighted by Crippen LogP contribution is 2.40. The second-order valence-electron chi connectivity index (χ2n) is 3.97. The predicted octanol–water partition coefficient (Wildman–Crippen LogP) is 1.53. The van der Waals surface area contributed by atoms with Gasteiger partial charge in [0.15, 0.2) is 0 Å². The Kier molecular flexibility index (Phi) is 2.61. The summed E-state index contributed by atoms with van der Waals surface area (Å²) in [4.78, 5) is 0. The lowest BCUT2D eigenvalue weighted by atomic mass is 9.70. The highest BCUT2D eigenvalue weighted by molar-refractivity contribution is 5.19. The van der Waals surface area contributed by atoms with E-state index in [1.54, 1.807) is 6.26 Å². The summed E-state index contributed by atoms with van der Waals surface area (Å²) in [6.45, 7) is 4.35. The van der Waals surface area contributed by atoms with E-state index in [9.17, 15) is 0 Å². The Bertz CT molecular complexity index is 273. The minimum absolute atomic E-state index is 0.0486. The highest BCUT2D eigenvalue weighted by Gasteiger charge is 2.47. The zero-order valence-electron chi connectivity index (χ0n) is 8.53. The van der Waals surface area contributed by atoms with Gasteiger partial charge in [0, 0.05) is 0 Å². The smallest absolute Gasteiger partial charge is 0.114 e. The number of hydrogen-bond acceptors (Lipinski definition) is 3. The van der Waals surface area contributed by atoms with Crippen LogP contribution in [0.25, 0.3) is 0 Å². The molecule has 1 saturated heterocycles. The first-order valence-corrected chi connectivity index (χ1v) is 5.15. The average Bonchev–Trinajstić information content (AvgIpc) is 2.63. The summed E-state index contributed by atoms with van der Waals surface area (Å²) in [5.41, 5.74) is 5.84. The van der Waals surface area contributed by atoms with Crippen molar-refractivity contribution in [2.75, 3.05) is 19.8 Å². The van der Waals surface area contributed by atoms with Gasteiger partial charge in [-0.25, -0.2) is 0 Å². The van der Waals surface area contributed by atoms with E-state index in [1.807, 2.05) is 12.1 Å². The van der Waals surface area contributed by atoms with Crippen LogP contribution in [0.2, 0.25) is 0 Å². The Balaban J connectivity index is 2.25. The number of hydrogen-bond donors (Lipinski definition) is 1. The van der Waals surface area contributed by atoms with E-state index in [1.165, 1.54) is 0 Å². The highest BCUT2D eigenvalue weighted by atomic mass is 16.5. The molecule has 3 heteroatoms. The molecular weight excluding hydrogens is 178 g/mol. The van der Waals surface area contributed by atoms with Crippen molar-refractivity contribution in [3.05, 3.63) is 24.2 Å². The van der Waals surface area contributed by atoms with E-state index in [0.29, 0.717) is 12.5 Å². The van der Waals surface area contributed by atoms with Gasteiger partial charge in [-0.15, -0.1) is 0 Å². The first kappa shape index (κ1) is 9.74. The van der Waals surface area contributed by atoms with Gasteiger partial charge < -0.3 is 14.9 Å². The lowest BCUT2D eigenvalue weighted by molar-refractivity contribution is -0.0996. The maximum atomic E-state index is 5.79. The summed E-state index contributed by atoms with van der Waals surface area (Å²) >= 11 is 0. The molecule has 1 unspecified atom stereocenters. The van der Waals surface area contributed by atoms with E-state index in [2.05, 4.69) is 6.92 Å². The van der Waals surface area contributed by atoms with E-state index >= 15 is 0 Å². The minimum atomic E-state index is 0.0486.